The van der Waals surface area contributed by atoms with Crippen LogP contribution in [0.5, 0.6) is 0 Å². The first-order valence-corrected chi connectivity index (χ1v) is 11.0. The Kier molecular flexibility index (Phi) is 17.4. The van der Waals surface area contributed by atoms with Gasteiger partial charge in [-0.3, -0.25) is 4.79 Å². The number of alkyl carbamates (subject to hydrolysis) is 1. The molecular weight excluding hydrogens is 388 g/mol. The molecule has 0 unspecified atom stereocenters. The maximum absolute atomic E-state index is 11.9. The fourth-order valence-corrected chi connectivity index (χ4v) is 2.38. The standard InChI is InChI=1S/C20H44N6O4/c1-20(2,3)30-19(28)26-14-16-29-15-13-25-18(27)17(22)7-12-24-10-5-4-9-23-11-6-8-21/h17,23-24H,4-16,21-22H2,1-3H3,(H,25,27)(H,26,28)/t17-/m0/s1. The molecule has 0 radical (unpaired) electrons. The third kappa shape index (κ3) is 19.8. The van der Waals surface area contributed by atoms with Crippen LogP contribution < -0.4 is 32.7 Å². The van der Waals surface area contributed by atoms with Crippen molar-refractivity contribution < 1.29 is 19.1 Å². The molecule has 0 fully saturated rings. The zero-order valence-corrected chi connectivity index (χ0v) is 19.1. The van der Waals surface area contributed by atoms with Crippen molar-refractivity contribution in [2.45, 2.75) is 58.1 Å². The summed E-state index contributed by atoms with van der Waals surface area (Å²) in [5.41, 5.74) is 10.8. The van der Waals surface area contributed by atoms with E-state index in [2.05, 4.69) is 21.3 Å². The summed E-state index contributed by atoms with van der Waals surface area (Å²) >= 11 is 0. The molecule has 0 saturated heterocycles. The molecule has 0 bridgehead atoms. The normalized spacial score (nSPS) is 12.4. The van der Waals surface area contributed by atoms with E-state index < -0.39 is 17.7 Å². The highest BCUT2D eigenvalue weighted by Crippen LogP contribution is 2.05. The number of nitrogens with one attached hydrogen (secondary N) is 4. The predicted octanol–water partition coefficient (Wildman–Crippen LogP) is -0.330. The van der Waals surface area contributed by atoms with Gasteiger partial charge in [0.05, 0.1) is 19.3 Å². The van der Waals surface area contributed by atoms with Gasteiger partial charge < -0.3 is 42.2 Å². The maximum atomic E-state index is 11.9. The second kappa shape index (κ2) is 18.3. The van der Waals surface area contributed by atoms with E-state index in [1.54, 1.807) is 20.8 Å². The van der Waals surface area contributed by atoms with Crippen LogP contribution in [0.15, 0.2) is 0 Å². The number of amides is 2. The Morgan fingerprint density at radius 2 is 1.43 bits per heavy atom. The Hall–Kier alpha value is -1.46. The van der Waals surface area contributed by atoms with Crippen molar-refractivity contribution in [2.24, 2.45) is 11.5 Å². The lowest BCUT2D eigenvalue weighted by atomic mass is 10.2. The fourth-order valence-electron chi connectivity index (χ4n) is 2.38. The lowest BCUT2D eigenvalue weighted by molar-refractivity contribution is -0.122. The van der Waals surface area contributed by atoms with Crippen LogP contribution in [-0.2, 0) is 14.3 Å². The summed E-state index contributed by atoms with van der Waals surface area (Å²) in [6.07, 6.45) is 3.31. The van der Waals surface area contributed by atoms with Gasteiger partial charge in [-0.25, -0.2) is 4.79 Å². The highest BCUT2D eigenvalue weighted by molar-refractivity contribution is 5.81. The van der Waals surface area contributed by atoms with Gasteiger partial charge in [-0.15, -0.1) is 0 Å². The summed E-state index contributed by atoms with van der Waals surface area (Å²) in [7, 11) is 0. The van der Waals surface area contributed by atoms with Gasteiger partial charge in [0.2, 0.25) is 5.91 Å². The Morgan fingerprint density at radius 3 is 2.03 bits per heavy atom. The number of unbranched alkanes of at least 4 members (excludes halogenated alkanes) is 1. The van der Waals surface area contributed by atoms with Gasteiger partial charge in [0.25, 0.3) is 0 Å². The van der Waals surface area contributed by atoms with Crippen LogP contribution in [0.2, 0.25) is 0 Å². The molecule has 0 spiro atoms. The van der Waals surface area contributed by atoms with Gasteiger partial charge in [0.1, 0.15) is 5.60 Å². The van der Waals surface area contributed by atoms with E-state index in [1.807, 2.05) is 0 Å². The van der Waals surface area contributed by atoms with Gasteiger partial charge in [0.15, 0.2) is 0 Å². The molecule has 30 heavy (non-hydrogen) atoms. The molecule has 0 aromatic carbocycles. The van der Waals surface area contributed by atoms with Crippen molar-refractivity contribution in [1.82, 2.24) is 21.3 Å². The van der Waals surface area contributed by atoms with E-state index in [0.717, 1.165) is 45.4 Å². The zero-order chi connectivity index (χ0) is 22.7. The second-order valence-corrected chi connectivity index (χ2v) is 8.08. The van der Waals surface area contributed by atoms with Crippen LogP contribution in [0.3, 0.4) is 0 Å². The summed E-state index contributed by atoms with van der Waals surface area (Å²) < 4.78 is 10.5. The van der Waals surface area contributed by atoms with Crippen LogP contribution in [0.1, 0.15) is 46.5 Å². The molecule has 0 saturated carbocycles. The fraction of sp³-hybridized carbons (Fsp3) is 0.900. The van der Waals surface area contributed by atoms with Crippen molar-refractivity contribution in [3.63, 3.8) is 0 Å². The first-order valence-electron chi connectivity index (χ1n) is 11.0. The monoisotopic (exact) mass is 432 g/mol. The smallest absolute Gasteiger partial charge is 0.407 e. The number of carbonyl (C=O) groups excluding carboxylic acids is 2. The van der Waals surface area contributed by atoms with Crippen molar-refractivity contribution in [3.05, 3.63) is 0 Å². The minimum Gasteiger partial charge on any atom is -0.444 e. The van der Waals surface area contributed by atoms with Crippen LogP contribution in [-0.4, -0.2) is 82.7 Å². The van der Waals surface area contributed by atoms with E-state index in [9.17, 15) is 9.59 Å². The molecule has 10 heteroatoms. The minimum absolute atomic E-state index is 0.184. The van der Waals surface area contributed by atoms with Crippen LogP contribution >= 0.6 is 0 Å². The third-order valence-corrected chi connectivity index (χ3v) is 3.94. The average Bonchev–Trinajstić information content (AvgIpc) is 2.66. The zero-order valence-electron chi connectivity index (χ0n) is 19.1. The van der Waals surface area contributed by atoms with E-state index in [1.165, 1.54) is 0 Å². The van der Waals surface area contributed by atoms with Gasteiger partial charge >= 0.3 is 6.09 Å². The van der Waals surface area contributed by atoms with Gasteiger partial charge in [-0.2, -0.15) is 0 Å². The summed E-state index contributed by atoms with van der Waals surface area (Å²) in [6, 6.07) is -0.538. The molecule has 0 aliphatic heterocycles. The number of ether oxygens (including phenoxy) is 2. The molecule has 0 aromatic heterocycles. The molecule has 0 rings (SSSR count). The van der Waals surface area contributed by atoms with Crippen molar-refractivity contribution in [1.29, 1.82) is 0 Å². The SMILES string of the molecule is CC(C)(C)OC(=O)NCCOCCNC(=O)[C@@H](N)CCNCCCCNCCCN. The van der Waals surface area contributed by atoms with Crippen LogP contribution in [0.25, 0.3) is 0 Å². The Balaban J connectivity index is 3.46. The second-order valence-electron chi connectivity index (χ2n) is 8.08. The summed E-state index contributed by atoms with van der Waals surface area (Å²) in [6.45, 7) is 11.2. The van der Waals surface area contributed by atoms with Gasteiger partial charge in [0, 0.05) is 13.1 Å². The average molecular weight is 433 g/mol. The van der Waals surface area contributed by atoms with Crippen molar-refractivity contribution >= 4 is 12.0 Å². The van der Waals surface area contributed by atoms with Crippen molar-refractivity contribution in [2.75, 3.05) is 59.0 Å². The molecule has 178 valence electrons. The summed E-state index contributed by atoms with van der Waals surface area (Å²) in [4.78, 5) is 23.4. The highest BCUT2D eigenvalue weighted by Gasteiger charge is 2.15. The number of nitrogens with two attached hydrogens (primary N) is 2. The number of carbonyl (C=O) groups is 2. The number of hydrogen-bond donors (Lipinski definition) is 6. The molecule has 0 aliphatic carbocycles. The quantitative estimate of drug-likeness (QED) is 0.161. The Bertz CT molecular complexity index is 446. The van der Waals surface area contributed by atoms with Gasteiger partial charge in [-0.05, 0) is 79.2 Å². The van der Waals surface area contributed by atoms with E-state index in [0.29, 0.717) is 39.3 Å². The molecule has 1 atom stereocenters. The van der Waals surface area contributed by atoms with E-state index in [-0.39, 0.29) is 5.91 Å². The minimum atomic E-state index is -0.538. The molecule has 10 nitrogen and oxygen atoms in total. The van der Waals surface area contributed by atoms with Crippen LogP contribution in [0, 0.1) is 0 Å². The first kappa shape index (κ1) is 28.5. The Labute approximate surface area is 181 Å². The predicted molar refractivity (Wildman–Crippen MR) is 119 cm³/mol. The molecule has 8 N–H and O–H groups in total. The van der Waals surface area contributed by atoms with Crippen LogP contribution in [0.4, 0.5) is 4.79 Å². The largest absolute Gasteiger partial charge is 0.444 e. The maximum Gasteiger partial charge on any atom is 0.407 e. The van der Waals surface area contributed by atoms with E-state index in [4.69, 9.17) is 20.9 Å². The molecular formula is C20H44N6O4. The first-order chi connectivity index (χ1) is 14.3. The summed E-state index contributed by atoms with van der Waals surface area (Å²) in [5.74, 6) is -0.184. The highest BCUT2D eigenvalue weighted by atomic mass is 16.6. The van der Waals surface area contributed by atoms with E-state index >= 15 is 0 Å². The molecule has 0 heterocycles. The lowest BCUT2D eigenvalue weighted by Crippen LogP contribution is -2.43. The molecule has 0 aromatic rings. The third-order valence-electron chi connectivity index (χ3n) is 3.94. The number of rotatable bonds is 18. The Morgan fingerprint density at radius 1 is 0.867 bits per heavy atom. The molecule has 0 aliphatic rings. The summed E-state index contributed by atoms with van der Waals surface area (Å²) in [5, 5.41) is 12.0. The molecule has 2 amide bonds. The topological polar surface area (TPSA) is 153 Å². The number of hydrogen-bond acceptors (Lipinski definition) is 8. The van der Waals surface area contributed by atoms with Gasteiger partial charge in [-0.1, -0.05) is 0 Å². The lowest BCUT2D eigenvalue weighted by Gasteiger charge is -2.19. The van der Waals surface area contributed by atoms with Crippen molar-refractivity contribution in [3.8, 4) is 0 Å².